The minimum Gasteiger partial charge on any atom is -0.469 e. The minimum absolute atomic E-state index is 0.107. The van der Waals surface area contributed by atoms with E-state index in [0.29, 0.717) is 30.1 Å². The van der Waals surface area contributed by atoms with Crippen LogP contribution in [0.5, 0.6) is 0 Å². The van der Waals surface area contributed by atoms with Crippen LogP contribution in [0.3, 0.4) is 0 Å². The highest BCUT2D eigenvalue weighted by Gasteiger charge is 2.64. The second-order valence-corrected chi connectivity index (χ2v) is 17.2. The van der Waals surface area contributed by atoms with Gasteiger partial charge in [-0.25, -0.2) is 4.57 Å². The fourth-order valence-corrected chi connectivity index (χ4v) is 12.0. The zero-order valence-corrected chi connectivity index (χ0v) is 29.6. The fraction of sp³-hybridized carbons (Fsp3) is 0.667. The van der Waals surface area contributed by atoms with E-state index in [1.54, 1.807) is 0 Å². The smallest absolute Gasteiger partial charge is 0.469 e. The second-order valence-electron chi connectivity index (χ2n) is 15.6. The largest absolute Gasteiger partial charge is 0.475 e. The number of rotatable bonds is 12. The number of carbonyl (C=O) groups is 1. The molecule has 8 heteroatoms. The van der Waals surface area contributed by atoms with Crippen molar-refractivity contribution < 1.29 is 32.8 Å². The predicted molar refractivity (Wildman–Crippen MR) is 182 cm³/mol. The van der Waals surface area contributed by atoms with E-state index < -0.39 is 7.82 Å². The van der Waals surface area contributed by atoms with Crippen molar-refractivity contribution in [2.24, 2.45) is 46.3 Å². The molecule has 4 saturated carbocycles. The summed E-state index contributed by atoms with van der Waals surface area (Å²) in [5, 5.41) is 10.8. The van der Waals surface area contributed by atoms with E-state index in [9.17, 15) is 14.5 Å². The zero-order chi connectivity index (χ0) is 33.2. The molecular formula is C39H55O7P. The molecule has 0 radical (unpaired) electrons. The summed E-state index contributed by atoms with van der Waals surface area (Å²) >= 11 is 0. The lowest BCUT2D eigenvalue weighted by molar-refractivity contribution is -0.172. The normalized spacial score (nSPS) is 35.7. The van der Waals surface area contributed by atoms with Crippen LogP contribution in [-0.2, 0) is 40.9 Å². The number of methoxy groups -OCH3 is 1. The van der Waals surface area contributed by atoms with E-state index in [1.807, 2.05) is 60.7 Å². The molecule has 4 fully saturated rings. The maximum absolute atomic E-state index is 14.8. The molecule has 258 valence electrons. The quantitative estimate of drug-likeness (QED) is 0.178. The van der Waals surface area contributed by atoms with Gasteiger partial charge in [0, 0.05) is 6.42 Å². The van der Waals surface area contributed by atoms with Crippen LogP contribution in [-0.4, -0.2) is 30.4 Å². The maximum Gasteiger partial charge on any atom is 0.475 e. The lowest BCUT2D eigenvalue weighted by atomic mass is 9.43. The molecule has 1 N–H and O–H groups in total. The van der Waals surface area contributed by atoms with Gasteiger partial charge in [0.25, 0.3) is 0 Å². The lowest BCUT2D eigenvalue weighted by Crippen LogP contribution is -2.59. The third-order valence-electron chi connectivity index (χ3n) is 13.2. The lowest BCUT2D eigenvalue weighted by Gasteiger charge is -2.63. The molecule has 0 bridgehead atoms. The molecule has 4 aliphatic carbocycles. The summed E-state index contributed by atoms with van der Waals surface area (Å²) in [4.78, 5) is 12.0. The number of carbonyl (C=O) groups excluding carboxylic acids is 1. The van der Waals surface area contributed by atoms with Crippen LogP contribution in [0.2, 0.25) is 0 Å². The van der Waals surface area contributed by atoms with Gasteiger partial charge in [0.2, 0.25) is 0 Å². The molecule has 4 unspecified atom stereocenters. The number of fused-ring (bicyclic) bond motifs is 5. The molecule has 0 spiro atoms. The molecule has 10 atom stereocenters. The van der Waals surface area contributed by atoms with Gasteiger partial charge in [0.05, 0.1) is 32.5 Å². The van der Waals surface area contributed by atoms with Crippen molar-refractivity contribution in [3.05, 3.63) is 71.8 Å². The van der Waals surface area contributed by atoms with Gasteiger partial charge in [-0.05, 0) is 115 Å². The minimum atomic E-state index is -4.00. The van der Waals surface area contributed by atoms with Gasteiger partial charge in [0.15, 0.2) is 0 Å². The number of phosphoric ester groups is 1. The summed E-state index contributed by atoms with van der Waals surface area (Å²) in [7, 11) is -2.53. The number of hydrogen-bond donors (Lipinski definition) is 1. The Bertz CT molecular complexity index is 1340. The second kappa shape index (κ2) is 14.5. The number of hydrogen-bond acceptors (Lipinski definition) is 7. The summed E-state index contributed by atoms with van der Waals surface area (Å²) in [6, 6.07) is 19.5. The van der Waals surface area contributed by atoms with Crippen molar-refractivity contribution in [3.63, 3.8) is 0 Å². The van der Waals surface area contributed by atoms with Gasteiger partial charge in [0.1, 0.15) is 0 Å². The van der Waals surface area contributed by atoms with Gasteiger partial charge in [-0.1, -0.05) is 81.4 Å². The maximum atomic E-state index is 14.8. The van der Waals surface area contributed by atoms with Crippen molar-refractivity contribution in [2.45, 2.75) is 110 Å². The molecule has 0 heterocycles. The zero-order valence-electron chi connectivity index (χ0n) is 28.7. The van der Waals surface area contributed by atoms with Crippen LogP contribution in [0.1, 0.15) is 96.1 Å². The Balaban J connectivity index is 1.30. The van der Waals surface area contributed by atoms with Crippen LogP contribution in [0.4, 0.5) is 0 Å². The average Bonchev–Trinajstić information content (AvgIpc) is 3.44. The molecule has 2 aromatic rings. The SMILES string of the molecule is COC(=O)CC[C@@H](C)[C@H]1CC[C@H]2C3[C@H](OP(=O)(OCc4ccccc4)OCc4ccccc4)CC4C[C@H](O)CCC4(C)[C@H]3CCC12C. The number of esters is 1. The molecule has 2 aromatic carbocycles. The first-order valence-electron chi connectivity index (χ1n) is 17.9. The van der Waals surface area contributed by atoms with Crippen LogP contribution in [0.25, 0.3) is 0 Å². The first-order valence-corrected chi connectivity index (χ1v) is 19.4. The number of phosphoric acid groups is 1. The van der Waals surface area contributed by atoms with Crippen LogP contribution in [0, 0.1) is 46.3 Å². The Morgan fingerprint density at radius 3 is 2.09 bits per heavy atom. The summed E-state index contributed by atoms with van der Waals surface area (Å²) in [6.07, 6.45) is 8.53. The Morgan fingerprint density at radius 1 is 0.872 bits per heavy atom. The average molecular weight is 667 g/mol. The van der Waals surface area contributed by atoms with E-state index in [1.165, 1.54) is 7.11 Å². The topological polar surface area (TPSA) is 91.3 Å². The number of aliphatic hydroxyl groups excluding tert-OH is 1. The van der Waals surface area contributed by atoms with Crippen LogP contribution >= 0.6 is 7.82 Å². The summed E-state index contributed by atoms with van der Waals surface area (Å²) in [5.74, 6) is 2.11. The van der Waals surface area contributed by atoms with Crippen LogP contribution < -0.4 is 0 Å². The first-order chi connectivity index (χ1) is 22.5. The van der Waals surface area contributed by atoms with Gasteiger partial charge in [-0.2, -0.15) is 0 Å². The van der Waals surface area contributed by atoms with Gasteiger partial charge >= 0.3 is 13.8 Å². The third kappa shape index (κ3) is 7.31. The number of ether oxygens (including phenoxy) is 1. The molecule has 47 heavy (non-hydrogen) atoms. The third-order valence-corrected chi connectivity index (χ3v) is 14.6. The van der Waals surface area contributed by atoms with E-state index in [4.69, 9.17) is 18.3 Å². The molecule has 7 nitrogen and oxygen atoms in total. The number of benzene rings is 2. The summed E-state index contributed by atoms with van der Waals surface area (Å²) in [5.41, 5.74) is 2.04. The van der Waals surface area contributed by atoms with Gasteiger partial charge < -0.3 is 9.84 Å². The van der Waals surface area contributed by atoms with Crippen molar-refractivity contribution in [2.75, 3.05) is 7.11 Å². The Kier molecular flexibility index (Phi) is 10.7. The predicted octanol–water partition coefficient (Wildman–Crippen LogP) is 9.13. The highest BCUT2D eigenvalue weighted by atomic mass is 31.2. The molecular weight excluding hydrogens is 611 g/mol. The first kappa shape index (κ1) is 34.8. The van der Waals surface area contributed by atoms with Crippen molar-refractivity contribution >= 4 is 13.8 Å². The molecule has 6 rings (SSSR count). The van der Waals surface area contributed by atoms with E-state index in [2.05, 4.69) is 20.8 Å². The standard InChI is InChI=1S/C39H55O7P/c1-27(15-18-36(41)43-4)32-16-17-33-37-34(20-22-39(32,33)3)38(2)21-19-31(40)23-30(38)24-35(37)46-47(42,44-25-28-11-7-5-8-12-28)45-26-29-13-9-6-10-14-29/h5-14,27,30-35,37,40H,15-26H2,1-4H3/t27-,30?,31-,32-,33+,34+,35-,37?,38?,39?/m1/s1. The Hall–Kier alpha value is -2.02. The molecule has 0 aromatic heterocycles. The van der Waals surface area contributed by atoms with E-state index in [-0.39, 0.29) is 54.1 Å². The van der Waals surface area contributed by atoms with E-state index >= 15 is 0 Å². The molecule has 4 aliphatic rings. The molecule has 0 amide bonds. The van der Waals surface area contributed by atoms with Crippen LogP contribution in [0.15, 0.2) is 60.7 Å². The molecule has 0 aliphatic heterocycles. The monoisotopic (exact) mass is 666 g/mol. The number of aliphatic hydroxyl groups is 1. The van der Waals surface area contributed by atoms with Gasteiger partial charge in [-0.15, -0.1) is 0 Å². The highest BCUT2D eigenvalue weighted by Crippen LogP contribution is 2.70. The highest BCUT2D eigenvalue weighted by molar-refractivity contribution is 7.48. The van der Waals surface area contributed by atoms with Crippen molar-refractivity contribution in [1.29, 1.82) is 0 Å². The van der Waals surface area contributed by atoms with Crippen molar-refractivity contribution in [3.8, 4) is 0 Å². The summed E-state index contributed by atoms with van der Waals surface area (Å²) < 4.78 is 38.9. The van der Waals surface area contributed by atoms with Crippen molar-refractivity contribution in [1.82, 2.24) is 0 Å². The van der Waals surface area contributed by atoms with E-state index in [0.717, 1.165) is 68.9 Å². The summed E-state index contributed by atoms with van der Waals surface area (Å²) in [6.45, 7) is 7.52. The Morgan fingerprint density at radius 2 is 1.47 bits per heavy atom. The molecule has 0 saturated heterocycles. The fourth-order valence-electron chi connectivity index (χ4n) is 10.6. The van der Waals surface area contributed by atoms with Gasteiger partial charge in [-0.3, -0.25) is 18.4 Å². The Labute approximate surface area is 281 Å².